The van der Waals surface area contributed by atoms with Gasteiger partial charge in [-0.15, -0.1) is 0 Å². The highest BCUT2D eigenvalue weighted by Crippen LogP contribution is 2.28. The second-order valence-corrected chi connectivity index (χ2v) is 5.10. The van der Waals surface area contributed by atoms with Gasteiger partial charge in [0.2, 0.25) is 5.91 Å². The Kier molecular flexibility index (Phi) is 5.78. The molecule has 4 N–H and O–H groups in total. The van der Waals surface area contributed by atoms with E-state index in [0.717, 1.165) is 11.4 Å². The second kappa shape index (κ2) is 8.00. The van der Waals surface area contributed by atoms with Gasteiger partial charge in [0, 0.05) is 17.8 Å². The maximum Gasteiger partial charge on any atom is 0.319 e. The summed E-state index contributed by atoms with van der Waals surface area (Å²) in [6.45, 7) is 3.96. The predicted octanol–water partition coefficient (Wildman–Crippen LogP) is 2.40. The lowest BCUT2D eigenvalue weighted by Gasteiger charge is -2.13. The van der Waals surface area contributed by atoms with Crippen LogP contribution in [0.1, 0.15) is 24.7 Å². The van der Waals surface area contributed by atoms with E-state index < -0.39 is 0 Å². The number of nitrogens with one attached hydrogen (secondary N) is 4. The van der Waals surface area contributed by atoms with Crippen molar-refractivity contribution in [3.05, 3.63) is 35.9 Å². The van der Waals surface area contributed by atoms with Crippen molar-refractivity contribution in [3.8, 4) is 5.75 Å². The molecule has 8 heteroatoms. The predicted molar refractivity (Wildman–Crippen MR) is 91.1 cm³/mol. The number of benzene rings is 1. The molecule has 0 atom stereocenters. The molecule has 0 bridgehead atoms. The van der Waals surface area contributed by atoms with Crippen LogP contribution in [0.3, 0.4) is 0 Å². The number of imidazole rings is 1. The molecular weight excluding hydrogens is 310 g/mol. The number of amides is 3. The first kappa shape index (κ1) is 17.3. The number of nitrogens with zero attached hydrogens (tertiary/aromatic N) is 1. The summed E-state index contributed by atoms with van der Waals surface area (Å²) >= 11 is 0. The Hall–Kier alpha value is -3.03. The number of ether oxygens (including phenoxy) is 1. The summed E-state index contributed by atoms with van der Waals surface area (Å²) in [5.74, 6) is 0.388. The number of rotatable bonds is 6. The van der Waals surface area contributed by atoms with E-state index in [9.17, 15) is 9.59 Å². The number of carbonyl (C=O) groups is 2. The largest absolute Gasteiger partial charge is 0.495 e. The number of anilines is 2. The van der Waals surface area contributed by atoms with Crippen molar-refractivity contribution >= 4 is 23.3 Å². The Morgan fingerprint density at radius 1 is 1.29 bits per heavy atom. The monoisotopic (exact) mass is 331 g/mol. The topological polar surface area (TPSA) is 108 Å². The number of H-pyrrole nitrogens is 1. The zero-order valence-electron chi connectivity index (χ0n) is 13.9. The highest BCUT2D eigenvalue weighted by Gasteiger charge is 2.10. The van der Waals surface area contributed by atoms with Gasteiger partial charge in [-0.05, 0) is 25.1 Å². The van der Waals surface area contributed by atoms with E-state index in [1.807, 2.05) is 6.92 Å². The Balaban J connectivity index is 2.00. The molecule has 0 saturated heterocycles. The van der Waals surface area contributed by atoms with Crippen LogP contribution in [0.15, 0.2) is 24.5 Å². The lowest BCUT2D eigenvalue weighted by atomic mass is 10.2. The van der Waals surface area contributed by atoms with Crippen molar-refractivity contribution in [2.75, 3.05) is 17.7 Å². The zero-order valence-corrected chi connectivity index (χ0v) is 13.9. The second-order valence-electron chi connectivity index (χ2n) is 5.10. The molecule has 24 heavy (non-hydrogen) atoms. The fourth-order valence-electron chi connectivity index (χ4n) is 2.03. The van der Waals surface area contributed by atoms with Crippen LogP contribution in [0.25, 0.3) is 0 Å². The fourth-order valence-corrected chi connectivity index (χ4v) is 2.03. The van der Waals surface area contributed by atoms with Gasteiger partial charge in [-0.3, -0.25) is 4.79 Å². The quantitative estimate of drug-likeness (QED) is 0.652. The number of hydrogen-bond donors (Lipinski definition) is 4. The van der Waals surface area contributed by atoms with Crippen molar-refractivity contribution in [2.24, 2.45) is 0 Å². The Morgan fingerprint density at radius 2 is 2.08 bits per heavy atom. The highest BCUT2D eigenvalue weighted by atomic mass is 16.5. The van der Waals surface area contributed by atoms with Crippen LogP contribution in [0, 0.1) is 6.92 Å². The third-order valence-corrected chi connectivity index (χ3v) is 3.40. The molecule has 0 aliphatic carbocycles. The SMILES string of the molecule is CCC(=O)Nc1cc(NC(=O)NCc2nc[nH]c2C)ccc1OC. The number of urea groups is 1. The van der Waals surface area contributed by atoms with Crippen molar-refractivity contribution in [1.29, 1.82) is 0 Å². The number of methoxy groups -OCH3 is 1. The average Bonchev–Trinajstić information content (AvgIpc) is 2.98. The van der Waals surface area contributed by atoms with Gasteiger partial charge in [-0.1, -0.05) is 6.92 Å². The van der Waals surface area contributed by atoms with Crippen LogP contribution in [-0.2, 0) is 11.3 Å². The lowest BCUT2D eigenvalue weighted by molar-refractivity contribution is -0.115. The van der Waals surface area contributed by atoms with Gasteiger partial charge in [-0.2, -0.15) is 0 Å². The molecule has 1 heterocycles. The van der Waals surface area contributed by atoms with E-state index in [1.54, 1.807) is 31.5 Å². The molecule has 0 aliphatic heterocycles. The molecule has 2 aromatic rings. The average molecular weight is 331 g/mol. The van der Waals surface area contributed by atoms with E-state index in [2.05, 4.69) is 25.9 Å². The van der Waals surface area contributed by atoms with Gasteiger partial charge in [-0.25, -0.2) is 9.78 Å². The summed E-state index contributed by atoms with van der Waals surface area (Å²) in [4.78, 5) is 30.6. The molecule has 8 nitrogen and oxygen atoms in total. The molecule has 0 saturated carbocycles. The number of hydrogen-bond acceptors (Lipinski definition) is 4. The van der Waals surface area contributed by atoms with E-state index in [-0.39, 0.29) is 11.9 Å². The number of aromatic nitrogens is 2. The van der Waals surface area contributed by atoms with Crippen molar-refractivity contribution in [2.45, 2.75) is 26.8 Å². The third-order valence-electron chi connectivity index (χ3n) is 3.40. The number of aromatic amines is 1. The minimum atomic E-state index is -0.365. The van der Waals surface area contributed by atoms with E-state index in [1.165, 1.54) is 7.11 Å². The standard InChI is InChI=1S/C16H21N5O3/c1-4-15(22)21-12-7-11(5-6-14(12)24-3)20-16(23)17-8-13-10(2)18-9-19-13/h5-7,9H,4,8H2,1-3H3,(H,18,19)(H,21,22)(H2,17,20,23). The van der Waals surface area contributed by atoms with Gasteiger partial charge in [0.1, 0.15) is 5.75 Å². The first-order valence-corrected chi connectivity index (χ1v) is 7.55. The zero-order chi connectivity index (χ0) is 17.5. The van der Waals surface area contributed by atoms with Crippen LogP contribution in [-0.4, -0.2) is 29.0 Å². The number of aryl methyl sites for hydroxylation is 1. The Morgan fingerprint density at radius 3 is 2.71 bits per heavy atom. The fraction of sp³-hybridized carbons (Fsp3) is 0.312. The minimum absolute atomic E-state index is 0.135. The van der Waals surface area contributed by atoms with Gasteiger partial charge >= 0.3 is 6.03 Å². The van der Waals surface area contributed by atoms with Gasteiger partial charge in [0.25, 0.3) is 0 Å². The maximum atomic E-state index is 12.0. The first-order chi connectivity index (χ1) is 11.5. The molecule has 2 rings (SSSR count). The van der Waals surface area contributed by atoms with E-state index >= 15 is 0 Å². The minimum Gasteiger partial charge on any atom is -0.495 e. The highest BCUT2D eigenvalue weighted by molar-refractivity contribution is 5.94. The molecule has 3 amide bonds. The molecular formula is C16H21N5O3. The van der Waals surface area contributed by atoms with Gasteiger partial charge in [0.15, 0.2) is 0 Å². The van der Waals surface area contributed by atoms with Gasteiger partial charge < -0.3 is 25.7 Å². The summed E-state index contributed by atoms with van der Waals surface area (Å²) in [6, 6.07) is 4.65. The third kappa shape index (κ3) is 4.48. The van der Waals surface area contributed by atoms with Crippen LogP contribution < -0.4 is 20.7 Å². The maximum absolute atomic E-state index is 12.0. The van der Waals surface area contributed by atoms with Crippen LogP contribution in [0.2, 0.25) is 0 Å². The molecule has 1 aromatic carbocycles. The summed E-state index contributed by atoms with van der Waals surface area (Å²) in [5.41, 5.74) is 2.73. The van der Waals surface area contributed by atoms with Crippen LogP contribution in [0.4, 0.5) is 16.2 Å². The molecule has 0 aliphatic rings. The van der Waals surface area contributed by atoms with Crippen LogP contribution >= 0.6 is 0 Å². The molecule has 0 spiro atoms. The van der Waals surface area contributed by atoms with Crippen molar-refractivity contribution < 1.29 is 14.3 Å². The van der Waals surface area contributed by atoms with Crippen molar-refractivity contribution in [1.82, 2.24) is 15.3 Å². The Labute approximate surface area is 140 Å². The normalized spacial score (nSPS) is 10.1. The van der Waals surface area contributed by atoms with Crippen LogP contribution in [0.5, 0.6) is 5.75 Å². The van der Waals surface area contributed by atoms with Crippen molar-refractivity contribution in [3.63, 3.8) is 0 Å². The number of carbonyl (C=O) groups excluding carboxylic acids is 2. The van der Waals surface area contributed by atoms with E-state index in [4.69, 9.17) is 4.74 Å². The Bertz CT molecular complexity index is 726. The molecule has 0 radical (unpaired) electrons. The molecule has 1 aromatic heterocycles. The first-order valence-electron chi connectivity index (χ1n) is 7.55. The van der Waals surface area contributed by atoms with Gasteiger partial charge in [0.05, 0.1) is 31.4 Å². The molecule has 0 unspecified atom stereocenters. The smallest absolute Gasteiger partial charge is 0.319 e. The summed E-state index contributed by atoms with van der Waals surface area (Å²) in [7, 11) is 1.52. The van der Waals surface area contributed by atoms with E-state index in [0.29, 0.717) is 30.1 Å². The summed E-state index contributed by atoms with van der Waals surface area (Å²) in [5, 5.41) is 8.17. The molecule has 128 valence electrons. The summed E-state index contributed by atoms with van der Waals surface area (Å²) in [6.07, 6.45) is 1.93. The summed E-state index contributed by atoms with van der Waals surface area (Å²) < 4.78 is 5.21. The lowest BCUT2D eigenvalue weighted by Crippen LogP contribution is -2.28. The molecule has 0 fully saturated rings.